The van der Waals surface area contributed by atoms with Gasteiger partial charge in [0.25, 0.3) is 0 Å². The Labute approximate surface area is 147 Å². The van der Waals surface area contributed by atoms with Crippen molar-refractivity contribution < 1.29 is 14.6 Å². The van der Waals surface area contributed by atoms with Crippen LogP contribution in [0.2, 0.25) is 0 Å². The number of pyridine rings is 1. The number of aryl methyl sites for hydroxylation is 1. The van der Waals surface area contributed by atoms with Gasteiger partial charge in [0.1, 0.15) is 5.82 Å². The van der Waals surface area contributed by atoms with Crippen LogP contribution in [-0.2, 0) is 17.7 Å². The zero-order chi connectivity index (χ0) is 17.6. The topological polar surface area (TPSA) is 88.7 Å². The standard InChI is InChI=1S/C19H23N3O3/c20-18-11-14(7-8-21-18)5-6-16-13-22(9-10-25-16)12-15-3-1-2-4-17(15)19(23)24/h1-4,7-8,11,16H,5-6,9-10,12-13H2,(H2,20,21)(H,23,24). The maximum atomic E-state index is 11.4. The average molecular weight is 341 g/mol. The van der Waals surface area contributed by atoms with Crippen molar-refractivity contribution in [1.29, 1.82) is 0 Å². The van der Waals surface area contributed by atoms with E-state index >= 15 is 0 Å². The molecule has 0 spiro atoms. The Hall–Kier alpha value is -2.44. The van der Waals surface area contributed by atoms with E-state index in [1.807, 2.05) is 24.3 Å². The molecule has 1 aromatic carbocycles. The molecule has 0 bridgehead atoms. The molecule has 1 aromatic heterocycles. The number of anilines is 1. The number of carboxylic acid groups (broad SMARTS) is 1. The molecule has 1 unspecified atom stereocenters. The molecule has 1 aliphatic heterocycles. The van der Waals surface area contributed by atoms with Crippen LogP contribution in [0.25, 0.3) is 0 Å². The summed E-state index contributed by atoms with van der Waals surface area (Å²) < 4.78 is 5.87. The number of carboxylic acids is 1. The molecule has 1 fully saturated rings. The van der Waals surface area contributed by atoms with Gasteiger partial charge in [0, 0.05) is 25.8 Å². The summed E-state index contributed by atoms with van der Waals surface area (Å²) in [6, 6.07) is 11.0. The second kappa shape index (κ2) is 8.09. The fourth-order valence-corrected chi connectivity index (χ4v) is 3.18. The lowest BCUT2D eigenvalue weighted by Gasteiger charge is -2.33. The maximum absolute atomic E-state index is 11.4. The summed E-state index contributed by atoms with van der Waals surface area (Å²) in [4.78, 5) is 17.6. The fraction of sp³-hybridized carbons (Fsp3) is 0.368. The highest BCUT2D eigenvalue weighted by atomic mass is 16.5. The van der Waals surface area contributed by atoms with Crippen LogP contribution in [-0.4, -0.2) is 46.8 Å². The highest BCUT2D eigenvalue weighted by Crippen LogP contribution is 2.17. The molecule has 0 amide bonds. The first kappa shape index (κ1) is 17.4. The largest absolute Gasteiger partial charge is 0.478 e. The molecule has 1 aliphatic rings. The molecule has 2 aromatic rings. The molecular weight excluding hydrogens is 318 g/mol. The summed E-state index contributed by atoms with van der Waals surface area (Å²) in [7, 11) is 0. The lowest BCUT2D eigenvalue weighted by atomic mass is 10.0. The van der Waals surface area contributed by atoms with Crippen LogP contribution in [0.5, 0.6) is 0 Å². The minimum absolute atomic E-state index is 0.139. The highest BCUT2D eigenvalue weighted by molar-refractivity contribution is 5.89. The summed E-state index contributed by atoms with van der Waals surface area (Å²) in [6.07, 6.45) is 3.65. The number of benzene rings is 1. The third-order valence-electron chi connectivity index (χ3n) is 4.47. The van der Waals surface area contributed by atoms with Gasteiger partial charge in [-0.2, -0.15) is 0 Å². The number of nitrogens with two attached hydrogens (primary N) is 1. The van der Waals surface area contributed by atoms with Gasteiger partial charge >= 0.3 is 5.97 Å². The van der Waals surface area contributed by atoms with Gasteiger partial charge in [0.05, 0.1) is 18.3 Å². The van der Waals surface area contributed by atoms with E-state index in [-0.39, 0.29) is 6.10 Å². The van der Waals surface area contributed by atoms with Crippen LogP contribution in [0.3, 0.4) is 0 Å². The average Bonchev–Trinajstić information content (AvgIpc) is 2.61. The first-order chi connectivity index (χ1) is 12.1. The van der Waals surface area contributed by atoms with Crippen molar-refractivity contribution in [1.82, 2.24) is 9.88 Å². The normalized spacial score (nSPS) is 18.2. The molecule has 0 aliphatic carbocycles. The number of rotatable bonds is 6. The first-order valence-corrected chi connectivity index (χ1v) is 8.47. The van der Waals surface area contributed by atoms with Crippen molar-refractivity contribution in [3.05, 3.63) is 59.3 Å². The first-order valence-electron chi connectivity index (χ1n) is 8.47. The minimum atomic E-state index is -0.879. The summed E-state index contributed by atoms with van der Waals surface area (Å²) >= 11 is 0. The molecule has 6 heteroatoms. The number of hydrogen-bond acceptors (Lipinski definition) is 5. The summed E-state index contributed by atoms with van der Waals surface area (Å²) in [5.74, 6) is -0.343. The smallest absolute Gasteiger partial charge is 0.336 e. The quantitative estimate of drug-likeness (QED) is 0.837. The zero-order valence-corrected chi connectivity index (χ0v) is 14.1. The van der Waals surface area contributed by atoms with E-state index in [9.17, 15) is 9.90 Å². The van der Waals surface area contributed by atoms with E-state index in [1.165, 1.54) is 0 Å². The zero-order valence-electron chi connectivity index (χ0n) is 14.1. The third-order valence-corrected chi connectivity index (χ3v) is 4.47. The molecule has 1 atom stereocenters. The molecule has 0 radical (unpaired) electrons. The van der Waals surface area contributed by atoms with Crippen molar-refractivity contribution >= 4 is 11.8 Å². The molecule has 3 rings (SSSR count). The van der Waals surface area contributed by atoms with E-state index in [1.54, 1.807) is 18.3 Å². The van der Waals surface area contributed by atoms with E-state index in [4.69, 9.17) is 10.5 Å². The van der Waals surface area contributed by atoms with Crippen LogP contribution in [0.1, 0.15) is 27.9 Å². The number of hydrogen-bond donors (Lipinski definition) is 2. The van der Waals surface area contributed by atoms with Gasteiger partial charge in [-0.05, 0) is 42.2 Å². The SMILES string of the molecule is Nc1cc(CCC2CN(Cc3ccccc3C(=O)O)CCO2)ccn1. The van der Waals surface area contributed by atoms with Gasteiger partial charge in [-0.15, -0.1) is 0 Å². The van der Waals surface area contributed by atoms with Gasteiger partial charge in [0.15, 0.2) is 0 Å². The van der Waals surface area contributed by atoms with E-state index in [0.717, 1.165) is 37.1 Å². The molecular formula is C19H23N3O3. The van der Waals surface area contributed by atoms with Gasteiger partial charge in [-0.25, -0.2) is 9.78 Å². The molecule has 2 heterocycles. The van der Waals surface area contributed by atoms with Crippen molar-refractivity contribution in [2.24, 2.45) is 0 Å². The molecule has 3 N–H and O–H groups in total. The Balaban J connectivity index is 1.57. The Kier molecular flexibility index (Phi) is 5.63. The van der Waals surface area contributed by atoms with Crippen LogP contribution < -0.4 is 5.73 Å². The number of nitrogens with zero attached hydrogens (tertiary/aromatic N) is 2. The van der Waals surface area contributed by atoms with E-state index in [2.05, 4.69) is 9.88 Å². The number of ether oxygens (including phenoxy) is 1. The minimum Gasteiger partial charge on any atom is -0.478 e. The molecule has 132 valence electrons. The fourth-order valence-electron chi connectivity index (χ4n) is 3.18. The monoisotopic (exact) mass is 341 g/mol. The molecule has 0 saturated carbocycles. The van der Waals surface area contributed by atoms with E-state index < -0.39 is 5.97 Å². The van der Waals surface area contributed by atoms with Crippen molar-refractivity contribution in [3.63, 3.8) is 0 Å². The van der Waals surface area contributed by atoms with Crippen molar-refractivity contribution in [2.75, 3.05) is 25.4 Å². The molecule has 1 saturated heterocycles. The Morgan fingerprint density at radius 3 is 3.00 bits per heavy atom. The number of aromatic nitrogens is 1. The Morgan fingerprint density at radius 2 is 2.20 bits per heavy atom. The number of carbonyl (C=O) groups is 1. The van der Waals surface area contributed by atoms with Crippen LogP contribution in [0.15, 0.2) is 42.6 Å². The maximum Gasteiger partial charge on any atom is 0.336 e. The predicted octanol–water partition coefficient (Wildman–Crippen LogP) is 2.20. The predicted molar refractivity (Wildman–Crippen MR) is 95.4 cm³/mol. The van der Waals surface area contributed by atoms with Crippen molar-refractivity contribution in [3.8, 4) is 0 Å². The summed E-state index contributed by atoms with van der Waals surface area (Å²) in [5.41, 5.74) is 8.09. The second-order valence-corrected chi connectivity index (χ2v) is 6.32. The second-order valence-electron chi connectivity index (χ2n) is 6.32. The van der Waals surface area contributed by atoms with Crippen LogP contribution in [0, 0.1) is 0 Å². The highest BCUT2D eigenvalue weighted by Gasteiger charge is 2.22. The summed E-state index contributed by atoms with van der Waals surface area (Å²) in [6.45, 7) is 2.91. The van der Waals surface area contributed by atoms with Gasteiger partial charge < -0.3 is 15.6 Å². The molecule has 6 nitrogen and oxygen atoms in total. The Bertz CT molecular complexity index is 735. The van der Waals surface area contributed by atoms with E-state index in [0.29, 0.717) is 24.5 Å². The van der Waals surface area contributed by atoms with Crippen molar-refractivity contribution in [2.45, 2.75) is 25.5 Å². The molecule has 25 heavy (non-hydrogen) atoms. The summed E-state index contributed by atoms with van der Waals surface area (Å²) in [5, 5.41) is 9.32. The van der Waals surface area contributed by atoms with Gasteiger partial charge in [-0.1, -0.05) is 18.2 Å². The lowest BCUT2D eigenvalue weighted by Crippen LogP contribution is -2.42. The Morgan fingerprint density at radius 1 is 1.36 bits per heavy atom. The lowest BCUT2D eigenvalue weighted by molar-refractivity contribution is -0.0346. The van der Waals surface area contributed by atoms with Crippen LogP contribution in [0.4, 0.5) is 5.82 Å². The number of nitrogen functional groups attached to an aromatic ring is 1. The van der Waals surface area contributed by atoms with Crippen LogP contribution >= 0.6 is 0 Å². The van der Waals surface area contributed by atoms with Gasteiger partial charge in [-0.3, -0.25) is 4.90 Å². The number of aromatic carboxylic acids is 1. The third kappa shape index (κ3) is 4.78. The van der Waals surface area contributed by atoms with Gasteiger partial charge in [0.2, 0.25) is 0 Å². The number of morpholine rings is 1.